The minimum atomic E-state index is -0.474. The van der Waals surface area contributed by atoms with Crippen molar-refractivity contribution >= 4 is 23.2 Å². The molecule has 2 atom stereocenters. The molecule has 1 aromatic heterocycles. The van der Waals surface area contributed by atoms with Gasteiger partial charge in [0.15, 0.2) is 0 Å². The molecular weight excluding hydrogens is 274 g/mol. The molecule has 0 bridgehead atoms. The van der Waals surface area contributed by atoms with E-state index in [1.54, 1.807) is 11.1 Å². The van der Waals surface area contributed by atoms with Crippen LogP contribution in [-0.2, 0) is 16.1 Å². The molecule has 1 N–H and O–H groups in total. The van der Waals surface area contributed by atoms with Crippen molar-refractivity contribution < 1.29 is 9.59 Å². The molecule has 6 heteroatoms. The summed E-state index contributed by atoms with van der Waals surface area (Å²) in [5, 5.41) is 5.61. The van der Waals surface area contributed by atoms with E-state index in [1.807, 2.05) is 33.1 Å². The van der Waals surface area contributed by atoms with Crippen LogP contribution in [0.25, 0.3) is 0 Å². The highest BCUT2D eigenvalue weighted by atomic mass is 32.1. The minimum Gasteiger partial charge on any atom is -0.342 e. The lowest BCUT2D eigenvalue weighted by Crippen LogP contribution is -2.66. The van der Waals surface area contributed by atoms with Crippen LogP contribution in [0.5, 0.6) is 0 Å². The summed E-state index contributed by atoms with van der Waals surface area (Å²) in [5.74, 6) is -0.0808. The van der Waals surface area contributed by atoms with Crippen LogP contribution in [0.3, 0.4) is 0 Å². The SMILES string of the molecule is CCC1C(=O)NC(C(C)(C)C)C(=O)N1Cc1nccs1. The number of aromatic nitrogens is 1. The number of hydrogen-bond acceptors (Lipinski definition) is 4. The number of hydrogen-bond donors (Lipinski definition) is 1. The molecule has 1 saturated heterocycles. The van der Waals surface area contributed by atoms with E-state index in [2.05, 4.69) is 10.3 Å². The Morgan fingerprint density at radius 3 is 2.60 bits per heavy atom. The molecule has 20 heavy (non-hydrogen) atoms. The highest BCUT2D eigenvalue weighted by Gasteiger charge is 2.44. The smallest absolute Gasteiger partial charge is 0.246 e. The summed E-state index contributed by atoms with van der Waals surface area (Å²) >= 11 is 1.50. The number of rotatable bonds is 3. The topological polar surface area (TPSA) is 62.3 Å². The third-order valence-corrected chi connectivity index (χ3v) is 4.30. The number of piperazine rings is 1. The van der Waals surface area contributed by atoms with Gasteiger partial charge in [0.25, 0.3) is 0 Å². The van der Waals surface area contributed by atoms with E-state index >= 15 is 0 Å². The Morgan fingerprint density at radius 1 is 1.40 bits per heavy atom. The second-order valence-electron chi connectivity index (χ2n) is 6.12. The van der Waals surface area contributed by atoms with Crippen molar-refractivity contribution in [2.75, 3.05) is 0 Å². The summed E-state index contributed by atoms with van der Waals surface area (Å²) in [6.45, 7) is 8.22. The minimum absolute atomic E-state index is 0.0147. The second-order valence-corrected chi connectivity index (χ2v) is 7.10. The molecule has 2 unspecified atom stereocenters. The van der Waals surface area contributed by atoms with Gasteiger partial charge in [0.1, 0.15) is 17.1 Å². The van der Waals surface area contributed by atoms with Crippen molar-refractivity contribution in [2.45, 2.75) is 52.7 Å². The maximum absolute atomic E-state index is 12.7. The standard InChI is InChI=1S/C14H21N3O2S/c1-5-9-12(18)16-11(14(2,3)4)13(19)17(9)8-10-15-6-7-20-10/h6-7,9,11H,5,8H2,1-4H3,(H,16,18). The largest absolute Gasteiger partial charge is 0.342 e. The zero-order valence-electron chi connectivity index (χ0n) is 12.3. The maximum atomic E-state index is 12.7. The van der Waals surface area contributed by atoms with Gasteiger partial charge in [-0.25, -0.2) is 4.98 Å². The molecule has 2 heterocycles. The summed E-state index contributed by atoms with van der Waals surface area (Å²) in [6.07, 6.45) is 2.33. The van der Waals surface area contributed by atoms with E-state index in [0.717, 1.165) is 5.01 Å². The van der Waals surface area contributed by atoms with Gasteiger partial charge in [0.2, 0.25) is 11.8 Å². The average Bonchev–Trinajstić information content (AvgIpc) is 2.85. The fraction of sp³-hybridized carbons (Fsp3) is 0.643. The summed E-state index contributed by atoms with van der Waals surface area (Å²) < 4.78 is 0. The Morgan fingerprint density at radius 2 is 2.10 bits per heavy atom. The van der Waals surface area contributed by atoms with E-state index in [4.69, 9.17) is 0 Å². The summed E-state index contributed by atoms with van der Waals surface area (Å²) in [7, 11) is 0. The predicted molar refractivity (Wildman–Crippen MR) is 78.1 cm³/mol. The van der Waals surface area contributed by atoms with Crippen molar-refractivity contribution in [1.82, 2.24) is 15.2 Å². The van der Waals surface area contributed by atoms with E-state index in [1.165, 1.54) is 11.3 Å². The highest BCUT2D eigenvalue weighted by Crippen LogP contribution is 2.27. The number of carbonyl (C=O) groups is 2. The van der Waals surface area contributed by atoms with Gasteiger partial charge in [-0.15, -0.1) is 11.3 Å². The predicted octanol–water partition coefficient (Wildman–Crippen LogP) is 1.79. The van der Waals surface area contributed by atoms with Crippen molar-refractivity contribution in [3.05, 3.63) is 16.6 Å². The lowest BCUT2D eigenvalue weighted by atomic mass is 9.83. The van der Waals surface area contributed by atoms with E-state index < -0.39 is 12.1 Å². The molecule has 2 rings (SSSR count). The van der Waals surface area contributed by atoms with Gasteiger partial charge in [-0.3, -0.25) is 9.59 Å². The lowest BCUT2D eigenvalue weighted by Gasteiger charge is -2.42. The average molecular weight is 295 g/mol. The first-order chi connectivity index (χ1) is 9.34. The molecular formula is C14H21N3O2S. The third kappa shape index (κ3) is 2.85. The van der Waals surface area contributed by atoms with Crippen molar-refractivity contribution in [3.63, 3.8) is 0 Å². The molecule has 0 aromatic carbocycles. The quantitative estimate of drug-likeness (QED) is 0.925. The Hall–Kier alpha value is -1.43. The van der Waals surface area contributed by atoms with Crippen LogP contribution >= 0.6 is 11.3 Å². The summed E-state index contributed by atoms with van der Waals surface area (Å²) in [4.78, 5) is 30.8. The van der Waals surface area contributed by atoms with E-state index in [-0.39, 0.29) is 17.2 Å². The molecule has 0 saturated carbocycles. The van der Waals surface area contributed by atoms with Gasteiger partial charge in [-0.2, -0.15) is 0 Å². The Balaban J connectivity index is 2.28. The summed E-state index contributed by atoms with van der Waals surface area (Å²) in [6, 6.07) is -0.872. The van der Waals surface area contributed by atoms with Crippen LogP contribution in [0.4, 0.5) is 0 Å². The van der Waals surface area contributed by atoms with Gasteiger partial charge in [0.05, 0.1) is 6.54 Å². The molecule has 0 radical (unpaired) electrons. The monoisotopic (exact) mass is 295 g/mol. The first kappa shape index (κ1) is 15.0. The molecule has 1 aliphatic rings. The van der Waals surface area contributed by atoms with Crippen LogP contribution < -0.4 is 5.32 Å². The zero-order chi connectivity index (χ0) is 14.9. The van der Waals surface area contributed by atoms with Gasteiger partial charge in [0, 0.05) is 11.6 Å². The molecule has 0 spiro atoms. The normalized spacial score (nSPS) is 23.9. The number of carbonyl (C=O) groups excluding carboxylic acids is 2. The molecule has 1 aromatic rings. The van der Waals surface area contributed by atoms with Crippen LogP contribution in [0.2, 0.25) is 0 Å². The fourth-order valence-electron chi connectivity index (χ4n) is 2.42. The molecule has 5 nitrogen and oxygen atoms in total. The van der Waals surface area contributed by atoms with E-state index in [0.29, 0.717) is 13.0 Å². The van der Waals surface area contributed by atoms with Gasteiger partial charge >= 0.3 is 0 Å². The number of nitrogens with zero attached hydrogens (tertiary/aromatic N) is 2. The van der Waals surface area contributed by atoms with Crippen LogP contribution in [0.15, 0.2) is 11.6 Å². The summed E-state index contributed by atoms with van der Waals surface area (Å²) in [5.41, 5.74) is -0.299. The Kier molecular flexibility index (Phi) is 4.13. The zero-order valence-corrected chi connectivity index (χ0v) is 13.2. The van der Waals surface area contributed by atoms with Crippen LogP contribution in [0, 0.1) is 5.41 Å². The molecule has 110 valence electrons. The van der Waals surface area contributed by atoms with Gasteiger partial charge in [-0.05, 0) is 11.8 Å². The first-order valence-corrected chi connectivity index (χ1v) is 7.71. The number of nitrogens with one attached hydrogen (secondary N) is 1. The molecule has 1 fully saturated rings. The number of amides is 2. The molecule has 1 aliphatic heterocycles. The highest BCUT2D eigenvalue weighted by molar-refractivity contribution is 7.09. The van der Waals surface area contributed by atoms with Crippen LogP contribution in [0.1, 0.15) is 39.1 Å². The van der Waals surface area contributed by atoms with Crippen LogP contribution in [-0.4, -0.2) is 33.8 Å². The van der Waals surface area contributed by atoms with Gasteiger partial charge in [-0.1, -0.05) is 27.7 Å². The number of thiazole rings is 1. The third-order valence-electron chi connectivity index (χ3n) is 3.54. The second kappa shape index (κ2) is 5.52. The van der Waals surface area contributed by atoms with Gasteiger partial charge < -0.3 is 10.2 Å². The first-order valence-electron chi connectivity index (χ1n) is 6.83. The van der Waals surface area contributed by atoms with Crippen molar-refractivity contribution in [2.24, 2.45) is 5.41 Å². The Bertz CT molecular complexity index is 493. The lowest BCUT2D eigenvalue weighted by molar-refractivity contribution is -0.153. The Labute approximate surface area is 123 Å². The van der Waals surface area contributed by atoms with Crippen molar-refractivity contribution in [3.8, 4) is 0 Å². The molecule has 2 amide bonds. The maximum Gasteiger partial charge on any atom is 0.246 e. The van der Waals surface area contributed by atoms with Crippen molar-refractivity contribution in [1.29, 1.82) is 0 Å². The fourth-order valence-corrected chi connectivity index (χ4v) is 3.03. The molecule has 0 aliphatic carbocycles. The van der Waals surface area contributed by atoms with E-state index in [9.17, 15) is 9.59 Å².